The van der Waals surface area contributed by atoms with Gasteiger partial charge in [0, 0.05) is 13.7 Å². The van der Waals surface area contributed by atoms with Crippen LogP contribution in [0.1, 0.15) is 5.56 Å². The number of hydrogen-bond acceptors (Lipinski definition) is 2. The molecular formula is C9H6F3I3N2O. The Bertz CT molecular complexity index is 491. The van der Waals surface area contributed by atoms with Gasteiger partial charge in [0.05, 0.1) is 9.26 Å². The van der Waals surface area contributed by atoms with Crippen LogP contribution in [0.25, 0.3) is 0 Å². The van der Waals surface area contributed by atoms with Crippen molar-refractivity contribution in [2.45, 2.75) is 12.7 Å². The number of alkyl halides is 3. The normalized spacial score (nSPS) is 11.4. The van der Waals surface area contributed by atoms with E-state index in [4.69, 9.17) is 5.73 Å². The predicted octanol–water partition coefficient (Wildman–Crippen LogP) is 3.26. The first-order chi connectivity index (χ1) is 8.14. The van der Waals surface area contributed by atoms with Crippen molar-refractivity contribution in [3.05, 3.63) is 22.3 Å². The van der Waals surface area contributed by atoms with Gasteiger partial charge in [-0.3, -0.25) is 4.79 Å². The highest BCUT2D eigenvalue weighted by Crippen LogP contribution is 2.29. The molecule has 0 saturated heterocycles. The molecule has 1 rings (SSSR count). The summed E-state index contributed by atoms with van der Waals surface area (Å²) in [7, 11) is 0. The first kappa shape index (κ1) is 16.5. The lowest BCUT2D eigenvalue weighted by atomic mass is 10.2. The summed E-state index contributed by atoms with van der Waals surface area (Å²) in [5, 5.41) is 1.80. The molecule has 0 saturated carbocycles. The number of benzene rings is 1. The topological polar surface area (TPSA) is 55.1 Å². The Kier molecular flexibility index (Phi) is 5.77. The van der Waals surface area contributed by atoms with Gasteiger partial charge in [-0.05, 0) is 79.4 Å². The average molecular weight is 596 g/mol. The molecule has 0 spiro atoms. The fourth-order valence-electron chi connectivity index (χ4n) is 1.08. The van der Waals surface area contributed by atoms with E-state index in [2.05, 4.69) is 45.2 Å². The maximum atomic E-state index is 12.0. The SMILES string of the molecule is Nc1c(CNC(=O)C(F)(F)F)cc(I)c(I)c1I. The Morgan fingerprint density at radius 2 is 1.83 bits per heavy atom. The van der Waals surface area contributed by atoms with Crippen molar-refractivity contribution in [1.29, 1.82) is 0 Å². The van der Waals surface area contributed by atoms with E-state index in [0.29, 0.717) is 11.3 Å². The Labute approximate surface area is 142 Å². The van der Waals surface area contributed by atoms with Gasteiger partial charge in [-0.1, -0.05) is 0 Å². The molecule has 9 heteroatoms. The number of carbonyl (C=O) groups excluding carboxylic acids is 1. The molecule has 1 aromatic carbocycles. The molecule has 3 nitrogen and oxygen atoms in total. The molecule has 100 valence electrons. The number of anilines is 1. The average Bonchev–Trinajstić information content (AvgIpc) is 2.27. The molecule has 0 aliphatic heterocycles. The maximum Gasteiger partial charge on any atom is 0.471 e. The number of hydrogen-bond donors (Lipinski definition) is 2. The minimum Gasteiger partial charge on any atom is -0.398 e. The van der Waals surface area contributed by atoms with Crippen LogP contribution >= 0.6 is 67.8 Å². The van der Waals surface area contributed by atoms with Crippen LogP contribution in [0.4, 0.5) is 18.9 Å². The van der Waals surface area contributed by atoms with Crippen LogP contribution in [0, 0.1) is 10.7 Å². The number of rotatable bonds is 2. The molecule has 0 bridgehead atoms. The van der Waals surface area contributed by atoms with Crippen molar-refractivity contribution >= 4 is 79.4 Å². The van der Waals surface area contributed by atoms with Gasteiger partial charge in [0.15, 0.2) is 0 Å². The molecule has 18 heavy (non-hydrogen) atoms. The van der Waals surface area contributed by atoms with Gasteiger partial charge < -0.3 is 11.1 Å². The molecule has 0 radical (unpaired) electrons. The van der Waals surface area contributed by atoms with E-state index in [1.54, 1.807) is 11.4 Å². The fraction of sp³-hybridized carbons (Fsp3) is 0.222. The largest absolute Gasteiger partial charge is 0.471 e. The summed E-state index contributed by atoms with van der Waals surface area (Å²) in [6.07, 6.45) is -4.88. The van der Waals surface area contributed by atoms with Crippen molar-refractivity contribution in [3.63, 3.8) is 0 Å². The van der Waals surface area contributed by atoms with Gasteiger partial charge in [-0.2, -0.15) is 13.2 Å². The molecule has 3 N–H and O–H groups in total. The van der Waals surface area contributed by atoms with Crippen molar-refractivity contribution in [2.24, 2.45) is 0 Å². The Balaban J connectivity index is 2.90. The van der Waals surface area contributed by atoms with Crippen LogP contribution in [0.3, 0.4) is 0 Å². The standard InChI is InChI=1S/C9H6F3I3N2O/c10-9(11,12)8(18)17-2-3-1-4(13)5(14)6(15)7(3)16/h1H,2,16H2,(H,17,18). The molecule has 1 amide bonds. The van der Waals surface area contributed by atoms with Crippen LogP contribution < -0.4 is 11.1 Å². The second kappa shape index (κ2) is 6.28. The highest BCUT2D eigenvalue weighted by Gasteiger charge is 2.38. The molecule has 0 aliphatic rings. The lowest BCUT2D eigenvalue weighted by Crippen LogP contribution is -2.36. The van der Waals surface area contributed by atoms with Gasteiger partial charge >= 0.3 is 12.1 Å². The van der Waals surface area contributed by atoms with E-state index in [-0.39, 0.29) is 6.54 Å². The molecular weight excluding hydrogens is 590 g/mol. The molecule has 0 heterocycles. The lowest BCUT2D eigenvalue weighted by Gasteiger charge is -2.13. The highest BCUT2D eigenvalue weighted by atomic mass is 127. The monoisotopic (exact) mass is 596 g/mol. The fourth-order valence-corrected chi connectivity index (χ4v) is 3.32. The Hall–Kier alpha value is 0.470. The second-order valence-corrected chi connectivity index (χ2v) is 6.56. The van der Waals surface area contributed by atoms with Gasteiger partial charge in [-0.25, -0.2) is 0 Å². The first-order valence-corrected chi connectivity index (χ1v) is 7.65. The summed E-state index contributed by atoms with van der Waals surface area (Å²) >= 11 is 6.19. The molecule has 0 unspecified atom stereocenters. The van der Waals surface area contributed by atoms with Crippen molar-refractivity contribution < 1.29 is 18.0 Å². The third-order valence-electron chi connectivity index (χ3n) is 1.98. The number of amides is 1. The van der Waals surface area contributed by atoms with Gasteiger partial charge in [0.1, 0.15) is 0 Å². The van der Waals surface area contributed by atoms with Gasteiger partial charge in [0.25, 0.3) is 0 Å². The zero-order valence-corrected chi connectivity index (χ0v) is 15.0. The number of nitrogens with two attached hydrogens (primary N) is 1. The summed E-state index contributed by atoms with van der Waals surface area (Å²) in [5.41, 5.74) is 6.66. The van der Waals surface area contributed by atoms with Gasteiger partial charge in [0.2, 0.25) is 0 Å². The van der Waals surface area contributed by atoms with Crippen LogP contribution in [0.2, 0.25) is 0 Å². The Morgan fingerprint density at radius 3 is 2.33 bits per heavy atom. The van der Waals surface area contributed by atoms with E-state index in [9.17, 15) is 18.0 Å². The van der Waals surface area contributed by atoms with E-state index >= 15 is 0 Å². The van der Waals surface area contributed by atoms with Crippen LogP contribution in [-0.2, 0) is 11.3 Å². The first-order valence-electron chi connectivity index (χ1n) is 4.41. The molecule has 0 aliphatic carbocycles. The third kappa shape index (κ3) is 3.98. The van der Waals surface area contributed by atoms with Gasteiger partial charge in [-0.15, -0.1) is 0 Å². The van der Waals surface area contributed by atoms with E-state index in [1.165, 1.54) is 0 Å². The third-order valence-corrected chi connectivity index (χ3v) is 7.14. The second-order valence-electron chi connectivity index (χ2n) is 3.24. The molecule has 0 aromatic heterocycles. The predicted molar refractivity (Wildman–Crippen MR) is 86.9 cm³/mol. The minimum atomic E-state index is -4.88. The number of nitrogen functional groups attached to an aromatic ring is 1. The quantitative estimate of drug-likeness (QED) is 0.314. The van der Waals surface area contributed by atoms with Crippen LogP contribution in [-0.4, -0.2) is 12.1 Å². The zero-order chi connectivity index (χ0) is 14.1. The summed E-state index contributed by atoms with van der Waals surface area (Å²) in [4.78, 5) is 10.7. The van der Waals surface area contributed by atoms with Crippen molar-refractivity contribution in [1.82, 2.24) is 5.32 Å². The maximum absolute atomic E-state index is 12.0. The van der Waals surface area contributed by atoms with E-state index in [0.717, 1.165) is 10.7 Å². The lowest BCUT2D eigenvalue weighted by molar-refractivity contribution is -0.173. The van der Waals surface area contributed by atoms with Crippen molar-refractivity contribution in [2.75, 3.05) is 5.73 Å². The minimum absolute atomic E-state index is 0.243. The molecule has 0 atom stereocenters. The zero-order valence-electron chi connectivity index (χ0n) is 8.54. The number of halogens is 6. The summed E-state index contributed by atoms with van der Waals surface area (Å²) in [6, 6.07) is 1.66. The smallest absolute Gasteiger partial charge is 0.398 e. The molecule has 0 fully saturated rings. The van der Waals surface area contributed by atoms with Crippen LogP contribution in [0.15, 0.2) is 6.07 Å². The van der Waals surface area contributed by atoms with Crippen LogP contribution in [0.5, 0.6) is 0 Å². The summed E-state index contributed by atoms with van der Waals surface area (Å²) < 4.78 is 38.7. The van der Waals surface area contributed by atoms with Crippen molar-refractivity contribution in [3.8, 4) is 0 Å². The summed E-state index contributed by atoms with van der Waals surface area (Å²) in [5.74, 6) is -1.97. The summed E-state index contributed by atoms with van der Waals surface area (Å²) in [6.45, 7) is -0.243. The van der Waals surface area contributed by atoms with E-state index in [1.807, 2.05) is 22.6 Å². The number of carbonyl (C=O) groups is 1. The Morgan fingerprint density at radius 1 is 1.28 bits per heavy atom. The highest BCUT2D eigenvalue weighted by molar-refractivity contribution is 14.1. The van der Waals surface area contributed by atoms with E-state index < -0.39 is 12.1 Å². The molecule has 1 aromatic rings. The number of nitrogens with one attached hydrogen (secondary N) is 1.